The topological polar surface area (TPSA) is 26.0 Å². The Kier molecular flexibility index (Phi) is 3.55. The molecule has 0 aromatic rings. The Labute approximate surface area is 57.9 Å². The van der Waals surface area contributed by atoms with Gasteiger partial charge in [0.2, 0.25) is 0 Å². The quantitative estimate of drug-likeness (QED) is 0.577. The van der Waals surface area contributed by atoms with E-state index in [4.69, 9.17) is 5.73 Å². The molecule has 0 aliphatic carbocycles. The maximum atomic E-state index is 5.92. The Balaban J connectivity index is 3.92. The molecule has 0 radical (unpaired) electrons. The van der Waals surface area contributed by atoms with Crippen molar-refractivity contribution in [3.05, 3.63) is 12.2 Å². The van der Waals surface area contributed by atoms with E-state index in [-0.39, 0.29) is 5.54 Å². The Morgan fingerprint density at radius 3 is 1.89 bits per heavy atom. The van der Waals surface area contributed by atoms with Crippen molar-refractivity contribution in [2.24, 2.45) is 5.73 Å². The van der Waals surface area contributed by atoms with E-state index in [1.54, 1.807) is 0 Å². The summed E-state index contributed by atoms with van der Waals surface area (Å²) in [6, 6.07) is 0. The van der Waals surface area contributed by atoms with Gasteiger partial charge in [0.25, 0.3) is 0 Å². The number of hydrogen-bond donors (Lipinski definition) is 1. The van der Waals surface area contributed by atoms with Crippen LogP contribution in [0.5, 0.6) is 0 Å². The molecule has 0 aliphatic heterocycles. The van der Waals surface area contributed by atoms with Crippen LogP contribution in [0.3, 0.4) is 0 Å². The Hall–Kier alpha value is -0.300. The highest BCUT2D eigenvalue weighted by atomic mass is 14.7. The van der Waals surface area contributed by atoms with E-state index < -0.39 is 0 Å². The summed E-state index contributed by atoms with van der Waals surface area (Å²) in [5, 5.41) is 0. The minimum absolute atomic E-state index is 0.0469. The van der Waals surface area contributed by atoms with Gasteiger partial charge in [-0.2, -0.15) is 0 Å². The highest BCUT2D eigenvalue weighted by Gasteiger charge is 2.14. The second-order valence-corrected chi connectivity index (χ2v) is 2.44. The molecule has 1 heteroatoms. The lowest BCUT2D eigenvalue weighted by molar-refractivity contribution is 0.493. The van der Waals surface area contributed by atoms with Crippen LogP contribution in [-0.4, -0.2) is 5.54 Å². The summed E-state index contributed by atoms with van der Waals surface area (Å²) in [7, 11) is 0. The number of nitrogens with two attached hydrogens (primary N) is 1. The SMILES string of the molecule is C/C=C\C(N)(CC)CC. The van der Waals surface area contributed by atoms with Crippen molar-refractivity contribution in [2.45, 2.75) is 39.2 Å². The third-order valence-corrected chi connectivity index (χ3v) is 1.82. The zero-order chi connectivity index (χ0) is 7.33. The Morgan fingerprint density at radius 2 is 1.78 bits per heavy atom. The fourth-order valence-electron chi connectivity index (χ4n) is 0.818. The molecule has 0 fully saturated rings. The van der Waals surface area contributed by atoms with Crippen LogP contribution in [0, 0.1) is 0 Å². The fraction of sp³-hybridized carbons (Fsp3) is 0.750. The van der Waals surface area contributed by atoms with E-state index in [2.05, 4.69) is 19.9 Å². The van der Waals surface area contributed by atoms with Crippen LogP contribution in [0.2, 0.25) is 0 Å². The summed E-state index contributed by atoms with van der Waals surface area (Å²) >= 11 is 0. The van der Waals surface area contributed by atoms with E-state index in [1.165, 1.54) is 0 Å². The monoisotopic (exact) mass is 127 g/mol. The zero-order valence-corrected chi connectivity index (χ0v) is 6.65. The number of allylic oxidation sites excluding steroid dienone is 1. The molecular formula is C8H17N. The van der Waals surface area contributed by atoms with E-state index in [0.29, 0.717) is 0 Å². The van der Waals surface area contributed by atoms with Gasteiger partial charge in [0, 0.05) is 5.54 Å². The maximum absolute atomic E-state index is 5.92. The smallest absolute Gasteiger partial charge is 0.0333 e. The second kappa shape index (κ2) is 3.67. The average Bonchev–Trinajstić information content (AvgIpc) is 1.89. The maximum Gasteiger partial charge on any atom is 0.0333 e. The van der Waals surface area contributed by atoms with E-state index in [1.807, 2.05) is 13.0 Å². The van der Waals surface area contributed by atoms with Crippen molar-refractivity contribution < 1.29 is 0 Å². The molecular weight excluding hydrogens is 110 g/mol. The van der Waals surface area contributed by atoms with Gasteiger partial charge in [0.1, 0.15) is 0 Å². The summed E-state index contributed by atoms with van der Waals surface area (Å²) in [5.74, 6) is 0. The molecule has 0 aliphatic rings. The van der Waals surface area contributed by atoms with Gasteiger partial charge in [-0.25, -0.2) is 0 Å². The fourth-order valence-corrected chi connectivity index (χ4v) is 0.818. The van der Waals surface area contributed by atoms with Gasteiger partial charge in [-0.1, -0.05) is 26.0 Å². The van der Waals surface area contributed by atoms with Gasteiger partial charge in [-0.15, -0.1) is 0 Å². The molecule has 0 atom stereocenters. The van der Waals surface area contributed by atoms with Crippen molar-refractivity contribution in [3.63, 3.8) is 0 Å². The Morgan fingerprint density at radius 1 is 1.33 bits per heavy atom. The van der Waals surface area contributed by atoms with Crippen LogP contribution in [0.25, 0.3) is 0 Å². The van der Waals surface area contributed by atoms with Gasteiger partial charge < -0.3 is 5.73 Å². The van der Waals surface area contributed by atoms with Gasteiger partial charge >= 0.3 is 0 Å². The molecule has 0 bridgehead atoms. The van der Waals surface area contributed by atoms with E-state index in [9.17, 15) is 0 Å². The molecule has 0 spiro atoms. The van der Waals surface area contributed by atoms with Gasteiger partial charge in [-0.05, 0) is 19.8 Å². The average molecular weight is 127 g/mol. The second-order valence-electron chi connectivity index (χ2n) is 2.44. The summed E-state index contributed by atoms with van der Waals surface area (Å²) in [6.45, 7) is 6.24. The molecule has 0 amide bonds. The zero-order valence-electron chi connectivity index (χ0n) is 6.65. The first-order chi connectivity index (χ1) is 4.18. The summed E-state index contributed by atoms with van der Waals surface area (Å²) in [5.41, 5.74) is 5.87. The highest BCUT2D eigenvalue weighted by molar-refractivity contribution is 5.01. The molecule has 0 saturated carbocycles. The van der Waals surface area contributed by atoms with Crippen LogP contribution in [0.1, 0.15) is 33.6 Å². The number of rotatable bonds is 3. The molecule has 0 aromatic heterocycles. The van der Waals surface area contributed by atoms with Gasteiger partial charge in [0.05, 0.1) is 0 Å². The van der Waals surface area contributed by atoms with E-state index >= 15 is 0 Å². The minimum Gasteiger partial charge on any atom is -0.322 e. The summed E-state index contributed by atoms with van der Waals surface area (Å²) in [6.07, 6.45) is 6.14. The molecule has 2 N–H and O–H groups in total. The lowest BCUT2D eigenvalue weighted by atomic mass is 9.94. The first kappa shape index (κ1) is 8.70. The van der Waals surface area contributed by atoms with Gasteiger partial charge in [-0.3, -0.25) is 0 Å². The van der Waals surface area contributed by atoms with Crippen LogP contribution in [0.4, 0.5) is 0 Å². The summed E-state index contributed by atoms with van der Waals surface area (Å²) in [4.78, 5) is 0. The normalized spacial score (nSPS) is 12.9. The molecule has 54 valence electrons. The van der Waals surface area contributed by atoms with Crippen molar-refractivity contribution in [3.8, 4) is 0 Å². The third-order valence-electron chi connectivity index (χ3n) is 1.82. The van der Waals surface area contributed by atoms with Crippen LogP contribution < -0.4 is 5.73 Å². The minimum atomic E-state index is -0.0469. The predicted molar refractivity (Wildman–Crippen MR) is 42.3 cm³/mol. The predicted octanol–water partition coefficient (Wildman–Crippen LogP) is 2.08. The number of hydrogen-bond acceptors (Lipinski definition) is 1. The van der Waals surface area contributed by atoms with Crippen molar-refractivity contribution in [1.29, 1.82) is 0 Å². The molecule has 1 nitrogen and oxygen atoms in total. The summed E-state index contributed by atoms with van der Waals surface area (Å²) < 4.78 is 0. The molecule has 0 saturated heterocycles. The molecule has 0 aromatic carbocycles. The largest absolute Gasteiger partial charge is 0.322 e. The molecule has 0 rings (SSSR count). The highest BCUT2D eigenvalue weighted by Crippen LogP contribution is 2.11. The van der Waals surface area contributed by atoms with Crippen LogP contribution in [-0.2, 0) is 0 Å². The molecule has 0 unspecified atom stereocenters. The lowest BCUT2D eigenvalue weighted by Gasteiger charge is -2.21. The van der Waals surface area contributed by atoms with Crippen molar-refractivity contribution in [1.82, 2.24) is 0 Å². The molecule has 0 heterocycles. The first-order valence-corrected chi connectivity index (χ1v) is 3.61. The first-order valence-electron chi connectivity index (χ1n) is 3.61. The van der Waals surface area contributed by atoms with Crippen LogP contribution >= 0.6 is 0 Å². The standard InChI is InChI=1S/C8H17N/c1-4-7-8(9,5-2)6-3/h4,7H,5-6,9H2,1-3H3/b7-4-. The van der Waals surface area contributed by atoms with Crippen molar-refractivity contribution >= 4 is 0 Å². The molecule has 9 heavy (non-hydrogen) atoms. The third kappa shape index (κ3) is 2.66. The Bertz CT molecular complexity index is 90.7. The van der Waals surface area contributed by atoms with Gasteiger partial charge in [0.15, 0.2) is 0 Å². The van der Waals surface area contributed by atoms with Crippen LogP contribution in [0.15, 0.2) is 12.2 Å². The van der Waals surface area contributed by atoms with Crippen molar-refractivity contribution in [2.75, 3.05) is 0 Å². The lowest BCUT2D eigenvalue weighted by Crippen LogP contribution is -2.35. The van der Waals surface area contributed by atoms with E-state index in [0.717, 1.165) is 12.8 Å².